The second-order valence-electron chi connectivity index (χ2n) is 8.07. The van der Waals surface area contributed by atoms with E-state index in [9.17, 15) is 27.9 Å². The molecule has 2 amide bonds. The maximum Gasteiger partial charge on any atom is 0.352 e. The van der Waals surface area contributed by atoms with E-state index in [1.165, 1.54) is 0 Å². The lowest BCUT2D eigenvalue weighted by molar-refractivity contribution is -0.166. The molecule has 0 saturated carbocycles. The van der Waals surface area contributed by atoms with E-state index in [2.05, 4.69) is 5.32 Å². The first-order chi connectivity index (χ1) is 15.1. The third-order valence-electron chi connectivity index (χ3n) is 5.96. The Hall–Kier alpha value is -3.01. The molecule has 0 spiro atoms. The van der Waals surface area contributed by atoms with E-state index >= 15 is 8.78 Å². The maximum absolute atomic E-state index is 15.1. The number of hydrogen-bond donors (Lipinski definition) is 2. The summed E-state index contributed by atoms with van der Waals surface area (Å²) in [6, 6.07) is 3.60. The Labute approximate surface area is 179 Å². The van der Waals surface area contributed by atoms with Gasteiger partial charge in [0.05, 0.1) is 11.7 Å². The highest BCUT2D eigenvalue weighted by Gasteiger charge is 2.53. The van der Waals surface area contributed by atoms with E-state index < -0.39 is 64.5 Å². The lowest BCUT2D eigenvalue weighted by atomic mass is 9.96. The van der Waals surface area contributed by atoms with Crippen molar-refractivity contribution in [1.82, 2.24) is 4.90 Å². The molecule has 2 aliphatic rings. The first-order valence-corrected chi connectivity index (χ1v) is 10.0. The Morgan fingerprint density at radius 3 is 2.19 bits per heavy atom. The van der Waals surface area contributed by atoms with Gasteiger partial charge in [0, 0.05) is 29.4 Å². The molecule has 10 heteroatoms. The van der Waals surface area contributed by atoms with Gasteiger partial charge in [-0.25, -0.2) is 13.2 Å². The highest BCUT2D eigenvalue weighted by molar-refractivity contribution is 6.04. The van der Waals surface area contributed by atoms with E-state index in [1.54, 1.807) is 0 Å². The molecular formula is C22H19F5N2O3. The number of alkyl halides is 2. The minimum absolute atomic E-state index is 0.133. The number of carbonyl (C=O) groups excluding carboxylic acids is 2. The average Bonchev–Trinajstić information content (AvgIpc) is 3.00. The van der Waals surface area contributed by atoms with Crippen LogP contribution in [0.1, 0.15) is 41.6 Å². The third-order valence-corrected chi connectivity index (χ3v) is 5.96. The predicted molar refractivity (Wildman–Crippen MR) is 104 cm³/mol. The van der Waals surface area contributed by atoms with Gasteiger partial charge in [0.1, 0.15) is 5.82 Å². The molecule has 0 aliphatic carbocycles. The van der Waals surface area contributed by atoms with E-state index in [-0.39, 0.29) is 18.5 Å². The third kappa shape index (κ3) is 3.94. The largest absolute Gasteiger partial charge is 0.393 e. The molecule has 2 N–H and O–H groups in total. The molecule has 0 radical (unpaired) electrons. The summed E-state index contributed by atoms with van der Waals surface area (Å²) in [6.45, 7) is 0. The van der Waals surface area contributed by atoms with Gasteiger partial charge >= 0.3 is 5.92 Å². The Balaban J connectivity index is 1.59. The fourth-order valence-electron chi connectivity index (χ4n) is 4.44. The van der Waals surface area contributed by atoms with Gasteiger partial charge in [-0.1, -0.05) is 0 Å². The van der Waals surface area contributed by atoms with Crippen molar-refractivity contribution in [2.75, 3.05) is 5.32 Å². The zero-order valence-electron chi connectivity index (χ0n) is 16.6. The van der Waals surface area contributed by atoms with Gasteiger partial charge in [-0.15, -0.1) is 0 Å². The fourth-order valence-corrected chi connectivity index (χ4v) is 4.44. The first-order valence-electron chi connectivity index (χ1n) is 10.0. The molecule has 2 saturated heterocycles. The lowest BCUT2D eigenvalue weighted by Gasteiger charge is -2.39. The van der Waals surface area contributed by atoms with Gasteiger partial charge in [-0.2, -0.15) is 8.78 Å². The summed E-state index contributed by atoms with van der Waals surface area (Å²) in [6.07, 6.45) is 0.630. The number of fused-ring (bicyclic) bond motifs is 2. The number of piperidine rings is 1. The number of hydrogen-bond acceptors (Lipinski definition) is 3. The van der Waals surface area contributed by atoms with Gasteiger partial charge in [0.15, 0.2) is 11.6 Å². The molecule has 2 bridgehead atoms. The summed E-state index contributed by atoms with van der Waals surface area (Å²) in [4.78, 5) is 26.2. The van der Waals surface area contributed by atoms with Crippen LogP contribution in [0.3, 0.4) is 0 Å². The van der Waals surface area contributed by atoms with Gasteiger partial charge < -0.3 is 15.3 Å². The molecule has 5 nitrogen and oxygen atoms in total. The number of aliphatic hydroxyl groups excluding tert-OH is 1. The topological polar surface area (TPSA) is 69.6 Å². The molecule has 2 aromatic rings. The molecule has 2 aromatic carbocycles. The molecule has 2 fully saturated rings. The second kappa shape index (κ2) is 8.16. The van der Waals surface area contributed by atoms with Crippen molar-refractivity contribution in [3.05, 3.63) is 65.0 Å². The second-order valence-corrected chi connectivity index (χ2v) is 8.07. The summed E-state index contributed by atoms with van der Waals surface area (Å²) in [5.74, 6) is -10.5. The van der Waals surface area contributed by atoms with Crippen LogP contribution in [0.4, 0.5) is 27.6 Å². The number of aliphatic hydroxyl groups is 1. The van der Waals surface area contributed by atoms with Gasteiger partial charge in [-0.05, 0) is 56.0 Å². The van der Waals surface area contributed by atoms with Crippen molar-refractivity contribution in [3.63, 3.8) is 0 Å². The average molecular weight is 454 g/mol. The zero-order valence-corrected chi connectivity index (χ0v) is 16.6. The summed E-state index contributed by atoms with van der Waals surface area (Å²) < 4.78 is 70.9. The SMILES string of the molecule is O=C(Nc1ccc(F)c(F)c1)c1ccc(F)c(C(F)(F)C(=O)N2[C@@H]3CC[C@H]2CC(O)C3)c1. The standard InChI is InChI=1S/C22H19F5N2O3/c23-17-5-1-11(20(31)28-12-2-6-18(24)19(25)8-12)7-16(17)22(26,27)21(32)29-13-3-4-14(29)10-15(30)9-13/h1-2,5-8,13-15,30H,3-4,9-10H2,(H,28,31)/t13-,14+,15?. The number of halogens is 5. The highest BCUT2D eigenvalue weighted by atomic mass is 19.3. The number of anilines is 1. The van der Waals surface area contributed by atoms with Crippen molar-refractivity contribution < 1.29 is 36.6 Å². The predicted octanol–water partition coefficient (Wildman–Crippen LogP) is 3.96. The number of benzene rings is 2. The Bertz CT molecular complexity index is 1060. The maximum atomic E-state index is 15.1. The molecule has 4 rings (SSSR count). The van der Waals surface area contributed by atoms with Crippen molar-refractivity contribution in [3.8, 4) is 0 Å². The van der Waals surface area contributed by atoms with Crippen molar-refractivity contribution >= 4 is 17.5 Å². The van der Waals surface area contributed by atoms with E-state index in [0.29, 0.717) is 31.0 Å². The van der Waals surface area contributed by atoms with Crippen LogP contribution in [0.2, 0.25) is 0 Å². The summed E-state index contributed by atoms with van der Waals surface area (Å²) in [5, 5.41) is 12.0. The smallest absolute Gasteiger partial charge is 0.352 e. The van der Waals surface area contributed by atoms with Gasteiger partial charge in [0.25, 0.3) is 11.8 Å². The number of nitrogens with zero attached hydrogens (tertiary/aromatic N) is 1. The van der Waals surface area contributed by atoms with Crippen LogP contribution in [0.15, 0.2) is 36.4 Å². The van der Waals surface area contributed by atoms with Crippen LogP contribution in [-0.4, -0.2) is 40.0 Å². The quantitative estimate of drug-likeness (QED) is 0.688. The number of nitrogens with one attached hydrogen (secondary N) is 1. The monoisotopic (exact) mass is 454 g/mol. The summed E-state index contributed by atoms with van der Waals surface area (Å²) >= 11 is 0. The lowest BCUT2D eigenvalue weighted by Crippen LogP contribution is -2.53. The minimum atomic E-state index is -4.24. The van der Waals surface area contributed by atoms with Crippen LogP contribution in [-0.2, 0) is 10.7 Å². The zero-order chi connectivity index (χ0) is 23.2. The van der Waals surface area contributed by atoms with Crippen LogP contribution in [0, 0.1) is 17.5 Å². The van der Waals surface area contributed by atoms with Gasteiger partial charge in [0.2, 0.25) is 0 Å². The van der Waals surface area contributed by atoms with Crippen LogP contribution < -0.4 is 5.32 Å². The van der Waals surface area contributed by atoms with E-state index in [1.807, 2.05) is 0 Å². The van der Waals surface area contributed by atoms with E-state index in [4.69, 9.17) is 0 Å². The first kappa shape index (κ1) is 22.2. The molecule has 32 heavy (non-hydrogen) atoms. The Morgan fingerprint density at radius 2 is 1.56 bits per heavy atom. The van der Waals surface area contributed by atoms with Gasteiger partial charge in [-0.3, -0.25) is 9.59 Å². The fraction of sp³-hybridized carbons (Fsp3) is 0.364. The molecule has 1 unspecified atom stereocenters. The molecule has 170 valence electrons. The van der Waals surface area contributed by atoms with Crippen LogP contribution in [0.25, 0.3) is 0 Å². The summed E-state index contributed by atoms with van der Waals surface area (Å²) in [7, 11) is 0. The number of carbonyl (C=O) groups is 2. The van der Waals surface area contributed by atoms with E-state index in [0.717, 1.165) is 23.1 Å². The Morgan fingerprint density at radius 1 is 0.938 bits per heavy atom. The van der Waals surface area contributed by atoms with Crippen LogP contribution >= 0.6 is 0 Å². The molecule has 2 heterocycles. The molecule has 0 aromatic heterocycles. The number of rotatable bonds is 4. The molecule has 3 atom stereocenters. The number of amides is 2. The Kier molecular flexibility index (Phi) is 5.66. The normalized spacial score (nSPS) is 22.7. The van der Waals surface area contributed by atoms with Crippen molar-refractivity contribution in [1.29, 1.82) is 0 Å². The highest BCUT2D eigenvalue weighted by Crippen LogP contribution is 2.41. The minimum Gasteiger partial charge on any atom is -0.393 e. The van der Waals surface area contributed by atoms with Crippen LogP contribution in [0.5, 0.6) is 0 Å². The van der Waals surface area contributed by atoms with Crippen molar-refractivity contribution in [2.24, 2.45) is 0 Å². The molecule has 2 aliphatic heterocycles. The van der Waals surface area contributed by atoms with Crippen molar-refractivity contribution in [2.45, 2.75) is 49.8 Å². The molecular weight excluding hydrogens is 435 g/mol. The summed E-state index contributed by atoms with van der Waals surface area (Å²) in [5.41, 5.74) is -1.78.